The molecule has 3 rings (SSSR count). The first-order valence-electron chi connectivity index (χ1n) is 10.6. The van der Waals surface area contributed by atoms with Crippen molar-refractivity contribution in [3.63, 3.8) is 0 Å². The Kier molecular flexibility index (Phi) is 8.32. The highest BCUT2D eigenvalue weighted by molar-refractivity contribution is 5.79. The van der Waals surface area contributed by atoms with Gasteiger partial charge in [-0.2, -0.15) is 0 Å². The Balaban J connectivity index is 1.63. The summed E-state index contributed by atoms with van der Waals surface area (Å²) in [6, 6.07) is 14.4. The number of hydrogen-bond donors (Lipinski definition) is 2. The number of rotatable bonds is 8. The van der Waals surface area contributed by atoms with Crippen molar-refractivity contribution < 1.29 is 9.47 Å². The highest BCUT2D eigenvalue weighted by Gasteiger charge is 2.22. The number of likely N-dealkylation sites (tertiary alicyclic amines) is 1. The van der Waals surface area contributed by atoms with Crippen molar-refractivity contribution >= 4 is 5.96 Å². The first-order valence-corrected chi connectivity index (χ1v) is 10.6. The highest BCUT2D eigenvalue weighted by atomic mass is 16.5. The summed E-state index contributed by atoms with van der Waals surface area (Å²) >= 11 is 0. The van der Waals surface area contributed by atoms with E-state index in [0.29, 0.717) is 12.4 Å². The SMILES string of the molecule is CN=C(NCc1cccc(OC)n1)NCC(c1ccc(OC)cc1)N1CCCCC1. The van der Waals surface area contributed by atoms with Crippen molar-refractivity contribution in [3.8, 4) is 11.6 Å². The number of ether oxygens (including phenoxy) is 2. The van der Waals surface area contributed by atoms with E-state index in [0.717, 1.165) is 37.0 Å². The van der Waals surface area contributed by atoms with Crippen molar-refractivity contribution in [2.45, 2.75) is 31.8 Å². The summed E-state index contributed by atoms with van der Waals surface area (Å²) < 4.78 is 10.5. The van der Waals surface area contributed by atoms with Crippen LogP contribution in [0.15, 0.2) is 47.5 Å². The number of nitrogens with zero attached hydrogens (tertiary/aromatic N) is 3. The van der Waals surface area contributed by atoms with Gasteiger partial charge in [0.05, 0.1) is 32.5 Å². The number of piperidine rings is 1. The fourth-order valence-electron chi connectivity index (χ4n) is 3.77. The predicted molar refractivity (Wildman–Crippen MR) is 120 cm³/mol. The Hall–Kier alpha value is -2.80. The van der Waals surface area contributed by atoms with Gasteiger partial charge >= 0.3 is 0 Å². The maximum atomic E-state index is 5.33. The molecule has 7 heteroatoms. The van der Waals surface area contributed by atoms with E-state index < -0.39 is 0 Å². The Labute approximate surface area is 179 Å². The van der Waals surface area contributed by atoms with Crippen LogP contribution in [-0.4, -0.2) is 56.7 Å². The van der Waals surface area contributed by atoms with Gasteiger partial charge in [0, 0.05) is 19.7 Å². The second kappa shape index (κ2) is 11.4. The van der Waals surface area contributed by atoms with Crippen molar-refractivity contribution in [2.75, 3.05) is 40.9 Å². The third-order valence-electron chi connectivity index (χ3n) is 5.45. The van der Waals surface area contributed by atoms with Gasteiger partial charge in [-0.25, -0.2) is 4.98 Å². The van der Waals surface area contributed by atoms with Crippen molar-refractivity contribution in [3.05, 3.63) is 53.7 Å². The normalized spacial score (nSPS) is 16.0. The van der Waals surface area contributed by atoms with Crippen LogP contribution in [0.1, 0.15) is 36.6 Å². The molecule has 1 fully saturated rings. The topological polar surface area (TPSA) is 71.0 Å². The molecule has 162 valence electrons. The van der Waals surface area contributed by atoms with Crippen LogP contribution in [0, 0.1) is 0 Å². The molecule has 0 radical (unpaired) electrons. The Morgan fingerprint density at radius 2 is 1.80 bits per heavy atom. The van der Waals surface area contributed by atoms with Gasteiger partial charge in [0.1, 0.15) is 5.75 Å². The maximum Gasteiger partial charge on any atom is 0.213 e. The Morgan fingerprint density at radius 3 is 2.47 bits per heavy atom. The molecule has 1 saturated heterocycles. The molecule has 1 unspecified atom stereocenters. The van der Waals surface area contributed by atoms with Gasteiger partial charge in [0.15, 0.2) is 5.96 Å². The van der Waals surface area contributed by atoms with Crippen molar-refractivity contribution in [2.24, 2.45) is 4.99 Å². The monoisotopic (exact) mass is 411 g/mol. The molecule has 2 heterocycles. The molecule has 7 nitrogen and oxygen atoms in total. The lowest BCUT2D eigenvalue weighted by molar-refractivity contribution is 0.164. The number of guanidine groups is 1. The van der Waals surface area contributed by atoms with E-state index in [2.05, 4.69) is 37.6 Å². The molecular formula is C23H33N5O2. The van der Waals surface area contributed by atoms with Crippen LogP contribution in [0.2, 0.25) is 0 Å². The molecule has 1 aliphatic rings. The maximum absolute atomic E-state index is 5.33. The molecule has 2 aromatic rings. The molecule has 1 atom stereocenters. The summed E-state index contributed by atoms with van der Waals surface area (Å²) in [6.45, 7) is 3.60. The summed E-state index contributed by atoms with van der Waals surface area (Å²) in [5, 5.41) is 6.85. The number of hydrogen-bond acceptors (Lipinski definition) is 5. The van der Waals surface area contributed by atoms with E-state index in [1.54, 1.807) is 21.3 Å². The average Bonchev–Trinajstić information content (AvgIpc) is 2.82. The molecule has 30 heavy (non-hydrogen) atoms. The average molecular weight is 412 g/mol. The summed E-state index contributed by atoms with van der Waals surface area (Å²) in [4.78, 5) is 11.4. The van der Waals surface area contributed by atoms with Gasteiger partial charge in [0.2, 0.25) is 5.88 Å². The minimum atomic E-state index is 0.282. The largest absolute Gasteiger partial charge is 0.497 e. The summed E-state index contributed by atoms with van der Waals surface area (Å²) in [6.07, 6.45) is 3.82. The lowest BCUT2D eigenvalue weighted by Gasteiger charge is -2.35. The van der Waals surface area contributed by atoms with Gasteiger partial charge < -0.3 is 20.1 Å². The Bertz CT molecular complexity index is 803. The van der Waals surface area contributed by atoms with Gasteiger partial charge in [-0.3, -0.25) is 9.89 Å². The van der Waals surface area contributed by atoms with Crippen LogP contribution in [-0.2, 0) is 6.54 Å². The molecule has 2 N–H and O–H groups in total. The van der Waals surface area contributed by atoms with Crippen LogP contribution >= 0.6 is 0 Å². The summed E-state index contributed by atoms with van der Waals surface area (Å²) in [7, 11) is 5.11. The van der Waals surface area contributed by atoms with E-state index >= 15 is 0 Å². The molecule has 0 bridgehead atoms. The minimum absolute atomic E-state index is 0.282. The standard InChI is InChI=1S/C23H33N5O2/c1-24-23(25-16-19-8-7-9-22(27-19)30-3)26-17-21(28-14-5-4-6-15-28)18-10-12-20(29-2)13-11-18/h7-13,21H,4-6,14-17H2,1-3H3,(H2,24,25,26). The molecular weight excluding hydrogens is 378 g/mol. The molecule has 1 aromatic carbocycles. The number of methoxy groups -OCH3 is 2. The van der Waals surface area contributed by atoms with E-state index in [4.69, 9.17) is 9.47 Å². The van der Waals surface area contributed by atoms with Crippen LogP contribution in [0.4, 0.5) is 0 Å². The fraction of sp³-hybridized carbons (Fsp3) is 0.478. The smallest absolute Gasteiger partial charge is 0.213 e. The first-order chi connectivity index (χ1) is 14.7. The molecule has 0 amide bonds. The van der Waals surface area contributed by atoms with Crippen molar-refractivity contribution in [1.29, 1.82) is 0 Å². The van der Waals surface area contributed by atoms with E-state index in [-0.39, 0.29) is 6.04 Å². The fourth-order valence-corrected chi connectivity index (χ4v) is 3.77. The molecule has 0 aliphatic carbocycles. The summed E-state index contributed by atoms with van der Waals surface area (Å²) in [5.41, 5.74) is 2.19. The zero-order chi connectivity index (χ0) is 21.2. The molecule has 1 aromatic heterocycles. The molecule has 1 aliphatic heterocycles. The van der Waals surface area contributed by atoms with Crippen LogP contribution in [0.25, 0.3) is 0 Å². The number of aliphatic imine (C=N–C) groups is 1. The number of benzene rings is 1. The zero-order valence-electron chi connectivity index (χ0n) is 18.2. The number of aromatic nitrogens is 1. The van der Waals surface area contributed by atoms with Gasteiger partial charge in [0.25, 0.3) is 0 Å². The summed E-state index contributed by atoms with van der Waals surface area (Å²) in [5.74, 6) is 2.25. The van der Waals surface area contributed by atoms with Gasteiger partial charge in [-0.15, -0.1) is 0 Å². The van der Waals surface area contributed by atoms with Crippen LogP contribution < -0.4 is 20.1 Å². The van der Waals surface area contributed by atoms with E-state index in [1.807, 2.05) is 30.3 Å². The highest BCUT2D eigenvalue weighted by Crippen LogP contribution is 2.25. The quantitative estimate of drug-likeness (QED) is 0.514. The predicted octanol–water partition coefficient (Wildman–Crippen LogP) is 2.99. The third-order valence-corrected chi connectivity index (χ3v) is 5.45. The van der Waals surface area contributed by atoms with E-state index in [1.165, 1.54) is 24.8 Å². The van der Waals surface area contributed by atoms with Gasteiger partial charge in [-0.1, -0.05) is 24.6 Å². The lowest BCUT2D eigenvalue weighted by atomic mass is 10.0. The van der Waals surface area contributed by atoms with Gasteiger partial charge in [-0.05, 0) is 49.7 Å². The first kappa shape index (κ1) is 21.9. The van der Waals surface area contributed by atoms with Crippen molar-refractivity contribution in [1.82, 2.24) is 20.5 Å². The second-order valence-electron chi connectivity index (χ2n) is 7.36. The Morgan fingerprint density at radius 1 is 1.03 bits per heavy atom. The third kappa shape index (κ3) is 6.10. The number of pyridine rings is 1. The zero-order valence-corrected chi connectivity index (χ0v) is 18.2. The number of nitrogens with one attached hydrogen (secondary N) is 2. The van der Waals surface area contributed by atoms with Crippen LogP contribution in [0.5, 0.6) is 11.6 Å². The second-order valence-corrected chi connectivity index (χ2v) is 7.36. The van der Waals surface area contributed by atoms with E-state index in [9.17, 15) is 0 Å². The van der Waals surface area contributed by atoms with Crippen LogP contribution in [0.3, 0.4) is 0 Å². The lowest BCUT2D eigenvalue weighted by Crippen LogP contribution is -2.44. The molecule has 0 spiro atoms. The minimum Gasteiger partial charge on any atom is -0.497 e. The molecule has 0 saturated carbocycles.